The van der Waals surface area contributed by atoms with Gasteiger partial charge < -0.3 is 15.0 Å². The molecule has 0 aliphatic carbocycles. The van der Waals surface area contributed by atoms with Crippen LogP contribution in [0.3, 0.4) is 0 Å². The first kappa shape index (κ1) is 17.5. The number of pyridine rings is 1. The summed E-state index contributed by atoms with van der Waals surface area (Å²) in [5.41, 5.74) is 2.50. The molecule has 1 fully saturated rings. The van der Waals surface area contributed by atoms with Crippen molar-refractivity contribution >= 4 is 11.0 Å². The van der Waals surface area contributed by atoms with Crippen molar-refractivity contribution in [1.82, 2.24) is 15.3 Å². The number of H-pyrrole nitrogens is 1. The van der Waals surface area contributed by atoms with Gasteiger partial charge in [0.1, 0.15) is 17.2 Å². The van der Waals surface area contributed by atoms with Crippen molar-refractivity contribution in [3.63, 3.8) is 0 Å². The zero-order valence-corrected chi connectivity index (χ0v) is 15.2. The average molecular weight is 364 g/mol. The van der Waals surface area contributed by atoms with Crippen LogP contribution in [-0.4, -0.2) is 29.7 Å². The Kier molecular flexibility index (Phi) is 4.54. The van der Waals surface area contributed by atoms with E-state index in [0.717, 1.165) is 42.6 Å². The minimum absolute atomic E-state index is 0.129. The van der Waals surface area contributed by atoms with Gasteiger partial charge in [0, 0.05) is 23.4 Å². The maximum absolute atomic E-state index is 13.9. The van der Waals surface area contributed by atoms with Gasteiger partial charge in [-0.25, -0.2) is 9.37 Å². The standard InChI is InChI=1S/C21H21FN4O/c1-21(3-6-24-7-4-21)13-27-18-2-5-25-20-19(18)17(12-26-20)15-8-14(11-23)9-16(22)10-15/h2,5,8-10,12,24H,3-4,6-7,13H2,1H3,(H,25,26). The van der Waals surface area contributed by atoms with Gasteiger partial charge in [-0.3, -0.25) is 0 Å². The fraction of sp³-hybridized carbons (Fsp3) is 0.333. The molecule has 2 N–H and O–H groups in total. The molecule has 27 heavy (non-hydrogen) atoms. The molecule has 0 saturated carbocycles. The second-order valence-electron chi connectivity index (χ2n) is 7.42. The van der Waals surface area contributed by atoms with E-state index in [2.05, 4.69) is 22.2 Å². The second-order valence-corrected chi connectivity index (χ2v) is 7.42. The van der Waals surface area contributed by atoms with E-state index in [-0.39, 0.29) is 11.0 Å². The lowest BCUT2D eigenvalue weighted by atomic mass is 9.82. The Labute approximate surface area is 157 Å². The number of benzene rings is 1. The molecule has 1 aliphatic rings. The molecule has 0 bridgehead atoms. The second kappa shape index (κ2) is 7.01. The Bertz CT molecular complexity index is 1010. The third-order valence-corrected chi connectivity index (χ3v) is 5.26. The summed E-state index contributed by atoms with van der Waals surface area (Å²) in [6.07, 6.45) is 5.62. The molecule has 0 unspecified atom stereocenters. The zero-order chi connectivity index (χ0) is 18.9. The number of nitriles is 1. The lowest BCUT2D eigenvalue weighted by Gasteiger charge is -2.33. The molecule has 3 heterocycles. The third kappa shape index (κ3) is 3.51. The molecule has 2 aromatic heterocycles. The number of piperidine rings is 1. The first-order valence-electron chi connectivity index (χ1n) is 9.09. The predicted octanol–water partition coefficient (Wildman–Crippen LogP) is 4.01. The summed E-state index contributed by atoms with van der Waals surface area (Å²) in [5, 5.41) is 13.3. The maximum atomic E-state index is 13.9. The lowest BCUT2D eigenvalue weighted by Crippen LogP contribution is -2.38. The van der Waals surface area contributed by atoms with E-state index < -0.39 is 5.82 Å². The smallest absolute Gasteiger partial charge is 0.141 e. The number of nitrogens with zero attached hydrogens (tertiary/aromatic N) is 2. The van der Waals surface area contributed by atoms with Gasteiger partial charge in [-0.05, 0) is 55.8 Å². The number of hydrogen-bond acceptors (Lipinski definition) is 4. The summed E-state index contributed by atoms with van der Waals surface area (Å²) in [6, 6.07) is 8.18. The van der Waals surface area contributed by atoms with E-state index >= 15 is 0 Å². The molecule has 5 nitrogen and oxygen atoms in total. The number of rotatable bonds is 4. The van der Waals surface area contributed by atoms with Crippen LogP contribution in [0.15, 0.2) is 36.7 Å². The van der Waals surface area contributed by atoms with Crippen molar-refractivity contribution < 1.29 is 9.13 Å². The minimum Gasteiger partial charge on any atom is -0.492 e. The van der Waals surface area contributed by atoms with Crippen molar-refractivity contribution in [3.05, 3.63) is 48.0 Å². The summed E-state index contributed by atoms with van der Waals surface area (Å²) >= 11 is 0. The summed E-state index contributed by atoms with van der Waals surface area (Å²) < 4.78 is 20.2. The van der Waals surface area contributed by atoms with E-state index in [4.69, 9.17) is 10.00 Å². The van der Waals surface area contributed by atoms with Gasteiger partial charge in [-0.1, -0.05) is 6.92 Å². The minimum atomic E-state index is -0.438. The molecule has 3 aromatic rings. The molecule has 0 spiro atoms. The molecule has 1 aliphatic heterocycles. The van der Waals surface area contributed by atoms with Gasteiger partial charge in [0.15, 0.2) is 0 Å². The van der Waals surface area contributed by atoms with Crippen LogP contribution in [0.5, 0.6) is 5.75 Å². The monoisotopic (exact) mass is 364 g/mol. The number of fused-ring (bicyclic) bond motifs is 1. The van der Waals surface area contributed by atoms with Gasteiger partial charge in [0.05, 0.1) is 23.6 Å². The highest BCUT2D eigenvalue weighted by Crippen LogP contribution is 2.36. The lowest BCUT2D eigenvalue weighted by molar-refractivity contribution is 0.124. The average Bonchev–Trinajstić information content (AvgIpc) is 3.11. The van der Waals surface area contributed by atoms with Crippen LogP contribution in [0.1, 0.15) is 25.3 Å². The third-order valence-electron chi connectivity index (χ3n) is 5.26. The maximum Gasteiger partial charge on any atom is 0.141 e. The Morgan fingerprint density at radius 1 is 1.30 bits per heavy atom. The van der Waals surface area contributed by atoms with Gasteiger partial charge in [-0.2, -0.15) is 5.26 Å². The predicted molar refractivity (Wildman–Crippen MR) is 102 cm³/mol. The molecule has 138 valence electrons. The first-order valence-corrected chi connectivity index (χ1v) is 9.09. The van der Waals surface area contributed by atoms with E-state index in [0.29, 0.717) is 17.8 Å². The Morgan fingerprint density at radius 2 is 2.11 bits per heavy atom. The SMILES string of the molecule is CC1(COc2ccnc3[nH]cc(-c4cc(F)cc(C#N)c4)c23)CCNCC1. The zero-order valence-electron chi connectivity index (χ0n) is 15.2. The Balaban J connectivity index is 1.72. The van der Waals surface area contributed by atoms with E-state index in [9.17, 15) is 4.39 Å². The summed E-state index contributed by atoms with van der Waals surface area (Å²) in [4.78, 5) is 7.49. The fourth-order valence-electron chi connectivity index (χ4n) is 3.61. The molecule has 0 amide bonds. The summed E-state index contributed by atoms with van der Waals surface area (Å²) in [5.74, 6) is 0.283. The molecule has 0 atom stereocenters. The molecule has 1 aromatic carbocycles. The highest BCUT2D eigenvalue weighted by atomic mass is 19.1. The number of ether oxygens (including phenoxy) is 1. The molecular formula is C21H21FN4O. The summed E-state index contributed by atoms with van der Waals surface area (Å²) in [7, 11) is 0. The van der Waals surface area contributed by atoms with Gasteiger partial charge >= 0.3 is 0 Å². The number of aromatic nitrogens is 2. The molecule has 0 radical (unpaired) electrons. The van der Waals surface area contributed by atoms with Crippen LogP contribution in [0.4, 0.5) is 4.39 Å². The molecule has 1 saturated heterocycles. The normalized spacial score (nSPS) is 16.2. The highest BCUT2D eigenvalue weighted by Gasteiger charge is 2.28. The van der Waals surface area contributed by atoms with Crippen LogP contribution in [0.25, 0.3) is 22.2 Å². The Morgan fingerprint density at radius 3 is 2.89 bits per heavy atom. The number of halogens is 1. The highest BCUT2D eigenvalue weighted by molar-refractivity contribution is 5.98. The Hall–Kier alpha value is -2.91. The quantitative estimate of drug-likeness (QED) is 0.734. The van der Waals surface area contributed by atoms with Crippen LogP contribution in [0.2, 0.25) is 0 Å². The van der Waals surface area contributed by atoms with E-state index in [1.165, 1.54) is 12.1 Å². The number of aromatic amines is 1. The van der Waals surface area contributed by atoms with Crippen LogP contribution in [0, 0.1) is 22.6 Å². The number of nitrogens with one attached hydrogen (secondary N) is 2. The number of hydrogen-bond donors (Lipinski definition) is 2. The van der Waals surface area contributed by atoms with Crippen LogP contribution in [-0.2, 0) is 0 Å². The fourth-order valence-corrected chi connectivity index (χ4v) is 3.61. The topological polar surface area (TPSA) is 73.7 Å². The van der Waals surface area contributed by atoms with Gasteiger partial charge in [0.25, 0.3) is 0 Å². The largest absolute Gasteiger partial charge is 0.492 e. The van der Waals surface area contributed by atoms with Crippen molar-refractivity contribution in [2.75, 3.05) is 19.7 Å². The molecule has 6 heteroatoms. The van der Waals surface area contributed by atoms with Crippen molar-refractivity contribution in [2.45, 2.75) is 19.8 Å². The van der Waals surface area contributed by atoms with Crippen molar-refractivity contribution in [1.29, 1.82) is 5.26 Å². The van der Waals surface area contributed by atoms with Gasteiger partial charge in [0.2, 0.25) is 0 Å². The van der Waals surface area contributed by atoms with E-state index in [1.54, 1.807) is 18.5 Å². The van der Waals surface area contributed by atoms with Crippen molar-refractivity contribution in [2.24, 2.45) is 5.41 Å². The van der Waals surface area contributed by atoms with Crippen LogP contribution >= 0.6 is 0 Å². The van der Waals surface area contributed by atoms with E-state index in [1.807, 2.05) is 12.1 Å². The summed E-state index contributed by atoms with van der Waals surface area (Å²) in [6.45, 7) is 4.86. The molecule has 4 rings (SSSR count). The van der Waals surface area contributed by atoms with Crippen LogP contribution < -0.4 is 10.1 Å². The first-order chi connectivity index (χ1) is 13.1. The van der Waals surface area contributed by atoms with Gasteiger partial charge in [-0.15, -0.1) is 0 Å². The molecular weight excluding hydrogens is 343 g/mol. The van der Waals surface area contributed by atoms with Crippen molar-refractivity contribution in [3.8, 4) is 22.9 Å².